The van der Waals surface area contributed by atoms with Gasteiger partial charge in [-0.05, 0) is 48.5 Å². The smallest absolute Gasteiger partial charge is 0.258 e. The molecule has 8 nitrogen and oxygen atoms in total. The highest BCUT2D eigenvalue weighted by Gasteiger charge is 2.21. The average molecular weight is 455 g/mol. The van der Waals surface area contributed by atoms with E-state index in [0.717, 1.165) is 5.56 Å². The highest BCUT2D eigenvalue weighted by Crippen LogP contribution is 2.34. The standard InChI is InChI=1S/C21H15ClN4O4S/c22-15-7-5-14(6-8-15)19-13-21(18-3-1-2-4-20(18)26(27)28)25(24-19)16-9-11-17(12-10-16)31(23,29)30/h1-13H,(H2,23,29,30). The molecular weight excluding hydrogens is 440 g/mol. The SMILES string of the molecule is NS(=O)(=O)c1ccc(-n2nc(-c3ccc(Cl)cc3)cc2-c2ccccc2[N+](=O)[O-])cc1. The molecule has 0 saturated heterocycles. The molecule has 0 fully saturated rings. The number of aromatic nitrogens is 2. The van der Waals surface area contributed by atoms with Crippen molar-refractivity contribution < 1.29 is 13.3 Å². The first-order valence-electron chi connectivity index (χ1n) is 8.97. The Balaban J connectivity index is 1.93. The summed E-state index contributed by atoms with van der Waals surface area (Å²) >= 11 is 5.97. The van der Waals surface area contributed by atoms with Crippen LogP contribution in [0, 0.1) is 10.1 Å². The number of hydrogen-bond acceptors (Lipinski definition) is 5. The van der Waals surface area contributed by atoms with E-state index in [1.807, 2.05) is 0 Å². The molecule has 2 N–H and O–H groups in total. The van der Waals surface area contributed by atoms with E-state index in [9.17, 15) is 18.5 Å². The fraction of sp³-hybridized carbons (Fsp3) is 0. The molecule has 4 rings (SSSR count). The minimum atomic E-state index is -3.86. The van der Waals surface area contributed by atoms with E-state index in [1.54, 1.807) is 48.5 Å². The lowest BCUT2D eigenvalue weighted by Crippen LogP contribution is -2.12. The predicted molar refractivity (Wildman–Crippen MR) is 117 cm³/mol. The van der Waals surface area contributed by atoms with Crippen molar-refractivity contribution in [1.29, 1.82) is 0 Å². The molecule has 0 bridgehead atoms. The van der Waals surface area contributed by atoms with Gasteiger partial charge in [0.1, 0.15) is 0 Å². The van der Waals surface area contributed by atoms with Gasteiger partial charge in [0.05, 0.1) is 32.5 Å². The summed E-state index contributed by atoms with van der Waals surface area (Å²) in [6.45, 7) is 0. The molecule has 4 aromatic rings. The summed E-state index contributed by atoms with van der Waals surface area (Å²) in [7, 11) is -3.86. The molecule has 1 heterocycles. The summed E-state index contributed by atoms with van der Waals surface area (Å²) in [6.07, 6.45) is 0. The molecule has 1 aromatic heterocycles. The second-order valence-electron chi connectivity index (χ2n) is 6.65. The Morgan fingerprint density at radius 1 is 0.968 bits per heavy atom. The van der Waals surface area contributed by atoms with Crippen LogP contribution in [0.2, 0.25) is 5.02 Å². The minimum Gasteiger partial charge on any atom is -0.258 e. The van der Waals surface area contributed by atoms with E-state index in [0.29, 0.717) is 27.7 Å². The van der Waals surface area contributed by atoms with E-state index < -0.39 is 14.9 Å². The van der Waals surface area contributed by atoms with E-state index in [2.05, 4.69) is 5.10 Å². The second-order valence-corrected chi connectivity index (χ2v) is 8.64. The summed E-state index contributed by atoms with van der Waals surface area (Å²) in [4.78, 5) is 11.1. The second kappa shape index (κ2) is 7.95. The van der Waals surface area contributed by atoms with Crippen molar-refractivity contribution in [2.45, 2.75) is 4.90 Å². The first-order valence-corrected chi connectivity index (χ1v) is 10.9. The molecule has 0 radical (unpaired) electrons. The van der Waals surface area contributed by atoms with Crippen molar-refractivity contribution >= 4 is 27.3 Å². The fourth-order valence-electron chi connectivity index (χ4n) is 3.16. The van der Waals surface area contributed by atoms with Crippen LogP contribution in [0.25, 0.3) is 28.2 Å². The zero-order valence-corrected chi connectivity index (χ0v) is 17.4. The molecule has 31 heavy (non-hydrogen) atoms. The van der Waals surface area contributed by atoms with Crippen LogP contribution in [-0.2, 0) is 10.0 Å². The molecule has 0 saturated carbocycles. The number of halogens is 1. The Morgan fingerprint density at radius 3 is 2.23 bits per heavy atom. The number of nitrogens with two attached hydrogens (primary N) is 1. The lowest BCUT2D eigenvalue weighted by molar-refractivity contribution is -0.384. The fourth-order valence-corrected chi connectivity index (χ4v) is 3.80. The van der Waals surface area contributed by atoms with Crippen LogP contribution >= 0.6 is 11.6 Å². The summed E-state index contributed by atoms with van der Waals surface area (Å²) in [5.74, 6) is 0. The molecule has 0 aliphatic heterocycles. The van der Waals surface area contributed by atoms with Crippen LogP contribution in [0.1, 0.15) is 0 Å². The quantitative estimate of drug-likeness (QED) is 0.353. The molecule has 0 unspecified atom stereocenters. The summed E-state index contributed by atoms with van der Waals surface area (Å²) < 4.78 is 24.7. The van der Waals surface area contributed by atoms with Crippen LogP contribution < -0.4 is 5.14 Å². The number of nitro benzene ring substituents is 1. The van der Waals surface area contributed by atoms with Crippen LogP contribution in [0.3, 0.4) is 0 Å². The molecule has 0 amide bonds. The number of primary sulfonamides is 1. The van der Waals surface area contributed by atoms with Crippen molar-refractivity contribution in [2.24, 2.45) is 5.14 Å². The number of nitrogens with zero attached hydrogens (tertiary/aromatic N) is 3. The third kappa shape index (κ3) is 4.19. The first-order chi connectivity index (χ1) is 14.7. The highest BCUT2D eigenvalue weighted by atomic mass is 35.5. The zero-order chi connectivity index (χ0) is 22.2. The molecule has 0 spiro atoms. The number of nitro groups is 1. The Bertz CT molecular complexity index is 1380. The minimum absolute atomic E-state index is 0.0476. The van der Waals surface area contributed by atoms with Gasteiger partial charge in [-0.25, -0.2) is 18.2 Å². The van der Waals surface area contributed by atoms with E-state index in [1.165, 1.54) is 35.0 Å². The van der Waals surface area contributed by atoms with Gasteiger partial charge >= 0.3 is 0 Å². The maximum absolute atomic E-state index is 11.6. The third-order valence-electron chi connectivity index (χ3n) is 4.64. The van der Waals surface area contributed by atoms with Gasteiger partial charge in [-0.3, -0.25) is 10.1 Å². The molecule has 0 atom stereocenters. The summed E-state index contributed by atoms with van der Waals surface area (Å²) in [5, 5.41) is 22.0. The summed E-state index contributed by atoms with van der Waals surface area (Å²) in [6, 6.07) is 20.9. The number of sulfonamides is 1. The number of benzene rings is 3. The lowest BCUT2D eigenvalue weighted by atomic mass is 10.1. The van der Waals surface area contributed by atoms with E-state index in [-0.39, 0.29) is 10.6 Å². The van der Waals surface area contributed by atoms with Gasteiger partial charge in [0.25, 0.3) is 5.69 Å². The van der Waals surface area contributed by atoms with Crippen LogP contribution in [0.5, 0.6) is 0 Å². The largest absolute Gasteiger partial charge is 0.278 e. The Morgan fingerprint density at radius 2 is 1.61 bits per heavy atom. The van der Waals surface area contributed by atoms with Gasteiger partial charge < -0.3 is 0 Å². The zero-order valence-electron chi connectivity index (χ0n) is 15.8. The predicted octanol–water partition coefficient (Wildman–Crippen LogP) is 4.42. The molecule has 10 heteroatoms. The van der Waals surface area contributed by atoms with Gasteiger partial charge in [-0.2, -0.15) is 5.10 Å². The molecular formula is C21H15ClN4O4S. The monoisotopic (exact) mass is 454 g/mol. The normalized spacial score (nSPS) is 11.4. The van der Waals surface area contributed by atoms with Crippen LogP contribution in [0.15, 0.2) is 83.8 Å². The van der Waals surface area contributed by atoms with Gasteiger partial charge in [0.15, 0.2) is 0 Å². The Labute approximate surface area is 182 Å². The van der Waals surface area contributed by atoms with Crippen molar-refractivity contribution in [2.75, 3.05) is 0 Å². The van der Waals surface area contributed by atoms with Crippen molar-refractivity contribution in [3.63, 3.8) is 0 Å². The molecule has 156 valence electrons. The molecule has 3 aromatic carbocycles. The van der Waals surface area contributed by atoms with E-state index in [4.69, 9.17) is 16.7 Å². The molecule has 0 aliphatic carbocycles. The Kier molecular flexibility index (Phi) is 5.32. The van der Waals surface area contributed by atoms with Crippen molar-refractivity contribution in [1.82, 2.24) is 9.78 Å². The molecule has 0 aliphatic rings. The van der Waals surface area contributed by atoms with Gasteiger partial charge in [0.2, 0.25) is 10.0 Å². The van der Waals surface area contributed by atoms with Crippen molar-refractivity contribution in [3.05, 3.63) is 94.0 Å². The van der Waals surface area contributed by atoms with Gasteiger partial charge in [0, 0.05) is 16.7 Å². The maximum Gasteiger partial charge on any atom is 0.278 e. The third-order valence-corrected chi connectivity index (χ3v) is 5.82. The topological polar surface area (TPSA) is 121 Å². The highest BCUT2D eigenvalue weighted by molar-refractivity contribution is 7.89. The van der Waals surface area contributed by atoms with E-state index >= 15 is 0 Å². The number of para-hydroxylation sites is 1. The average Bonchev–Trinajstić information content (AvgIpc) is 3.19. The first kappa shape index (κ1) is 20.7. The number of rotatable bonds is 5. The van der Waals surface area contributed by atoms with Crippen LogP contribution in [0.4, 0.5) is 5.69 Å². The maximum atomic E-state index is 11.6. The lowest BCUT2D eigenvalue weighted by Gasteiger charge is -2.09. The van der Waals surface area contributed by atoms with Gasteiger partial charge in [-0.15, -0.1) is 0 Å². The number of hydrogen-bond donors (Lipinski definition) is 1. The van der Waals surface area contributed by atoms with Crippen LogP contribution in [-0.4, -0.2) is 23.1 Å². The van der Waals surface area contributed by atoms with Crippen molar-refractivity contribution in [3.8, 4) is 28.2 Å². The summed E-state index contributed by atoms with van der Waals surface area (Å²) in [5.41, 5.74) is 2.62. The Hall–Kier alpha value is -3.53. The van der Waals surface area contributed by atoms with Gasteiger partial charge in [-0.1, -0.05) is 35.9 Å².